The molecule has 0 spiro atoms. The van der Waals surface area contributed by atoms with Gasteiger partial charge in [0.1, 0.15) is 5.82 Å². The molecule has 4 rings (SSSR count). The summed E-state index contributed by atoms with van der Waals surface area (Å²) < 4.78 is 1.66. The minimum absolute atomic E-state index is 0.142. The number of aromatic nitrogens is 2. The number of nitrogens with one attached hydrogen (secondary N) is 1. The van der Waals surface area contributed by atoms with Gasteiger partial charge in [-0.05, 0) is 81.6 Å². The zero-order valence-electron chi connectivity index (χ0n) is 20.3. The van der Waals surface area contributed by atoms with Crippen LogP contribution in [-0.2, 0) is 0 Å². The van der Waals surface area contributed by atoms with E-state index in [9.17, 15) is 9.59 Å². The van der Waals surface area contributed by atoms with Gasteiger partial charge in [-0.25, -0.2) is 9.78 Å². The van der Waals surface area contributed by atoms with Crippen molar-refractivity contribution in [3.05, 3.63) is 99.6 Å². The van der Waals surface area contributed by atoms with Gasteiger partial charge in [-0.2, -0.15) is 0 Å². The van der Waals surface area contributed by atoms with Gasteiger partial charge in [0.25, 0.3) is 5.56 Å². The first-order valence-corrected chi connectivity index (χ1v) is 11.5. The lowest BCUT2D eigenvalue weighted by atomic mass is 10.1. The van der Waals surface area contributed by atoms with E-state index in [1.165, 1.54) is 0 Å². The molecule has 174 valence electrons. The lowest BCUT2D eigenvalue weighted by Crippen LogP contribution is -2.39. The lowest BCUT2D eigenvalue weighted by Gasteiger charge is -2.30. The summed E-state index contributed by atoms with van der Waals surface area (Å²) in [6.45, 7) is 10.3. The predicted octanol–water partition coefficient (Wildman–Crippen LogP) is 5.93. The molecule has 4 aromatic rings. The summed E-state index contributed by atoms with van der Waals surface area (Å²) >= 11 is 0. The van der Waals surface area contributed by atoms with Crippen molar-refractivity contribution in [3.8, 4) is 5.69 Å². The molecule has 0 aliphatic rings. The minimum atomic E-state index is -0.452. The van der Waals surface area contributed by atoms with Crippen molar-refractivity contribution in [3.63, 3.8) is 0 Å². The van der Waals surface area contributed by atoms with E-state index < -0.39 is 6.04 Å². The first kappa shape index (κ1) is 23.2. The van der Waals surface area contributed by atoms with Crippen molar-refractivity contribution in [2.24, 2.45) is 0 Å². The van der Waals surface area contributed by atoms with Crippen LogP contribution in [0.25, 0.3) is 16.6 Å². The van der Waals surface area contributed by atoms with E-state index >= 15 is 0 Å². The Labute approximate surface area is 199 Å². The number of carbonyl (C=O) groups excluding carboxylic acids is 1. The van der Waals surface area contributed by atoms with Crippen LogP contribution in [0.1, 0.15) is 42.4 Å². The van der Waals surface area contributed by atoms with Gasteiger partial charge in [0, 0.05) is 12.2 Å². The zero-order chi connectivity index (χ0) is 24.4. The molecule has 0 aliphatic heterocycles. The molecule has 0 radical (unpaired) electrons. The van der Waals surface area contributed by atoms with E-state index in [1.54, 1.807) is 15.5 Å². The molecule has 2 amide bonds. The van der Waals surface area contributed by atoms with Gasteiger partial charge < -0.3 is 10.2 Å². The first-order chi connectivity index (χ1) is 16.3. The number of fused-ring (bicyclic) bond motifs is 1. The van der Waals surface area contributed by atoms with E-state index in [0.29, 0.717) is 23.3 Å². The number of amides is 2. The maximum atomic E-state index is 13.7. The third-order valence-electron chi connectivity index (χ3n) is 6.12. The molecule has 0 aliphatic carbocycles. The molecule has 3 aromatic carbocycles. The second-order valence-electron chi connectivity index (χ2n) is 8.68. The molecule has 1 aromatic heterocycles. The highest BCUT2D eigenvalue weighted by molar-refractivity contribution is 5.89. The van der Waals surface area contributed by atoms with E-state index in [0.717, 1.165) is 28.1 Å². The summed E-state index contributed by atoms with van der Waals surface area (Å²) in [7, 11) is 0. The van der Waals surface area contributed by atoms with Gasteiger partial charge in [-0.1, -0.05) is 36.4 Å². The van der Waals surface area contributed by atoms with Crippen LogP contribution in [0.4, 0.5) is 10.5 Å². The summed E-state index contributed by atoms with van der Waals surface area (Å²) in [6, 6.07) is 20.4. The third-order valence-corrected chi connectivity index (χ3v) is 6.12. The van der Waals surface area contributed by atoms with E-state index in [2.05, 4.69) is 5.32 Å². The molecule has 0 saturated heterocycles. The lowest BCUT2D eigenvalue weighted by molar-refractivity contribution is 0.193. The molecular formula is C28H30N4O2. The van der Waals surface area contributed by atoms with Gasteiger partial charge in [0.15, 0.2) is 0 Å². The normalized spacial score (nSPS) is 11.9. The predicted molar refractivity (Wildman–Crippen MR) is 138 cm³/mol. The van der Waals surface area contributed by atoms with Crippen molar-refractivity contribution in [2.75, 3.05) is 11.9 Å². The first-order valence-electron chi connectivity index (χ1n) is 11.5. The second-order valence-corrected chi connectivity index (χ2v) is 8.68. The monoisotopic (exact) mass is 454 g/mol. The fraction of sp³-hybridized carbons (Fsp3) is 0.250. The maximum absolute atomic E-state index is 13.7. The van der Waals surface area contributed by atoms with Crippen LogP contribution < -0.4 is 10.9 Å². The molecule has 1 N–H and O–H groups in total. The number of para-hydroxylation sites is 1. The van der Waals surface area contributed by atoms with E-state index in [-0.39, 0.29) is 11.6 Å². The van der Waals surface area contributed by atoms with Gasteiger partial charge in [0.2, 0.25) is 0 Å². The fourth-order valence-electron chi connectivity index (χ4n) is 4.27. The molecule has 1 unspecified atom stereocenters. The number of hydrogen-bond acceptors (Lipinski definition) is 3. The summed E-state index contributed by atoms with van der Waals surface area (Å²) in [5.41, 5.74) is 5.06. The Bertz CT molecular complexity index is 1420. The Hall–Kier alpha value is -3.93. The van der Waals surface area contributed by atoms with Crippen LogP contribution in [0.5, 0.6) is 0 Å². The molecule has 0 saturated carbocycles. The van der Waals surface area contributed by atoms with Crippen molar-refractivity contribution in [1.82, 2.24) is 14.5 Å². The number of carbonyl (C=O) groups is 1. The van der Waals surface area contributed by atoms with Gasteiger partial charge in [-0.15, -0.1) is 0 Å². The Morgan fingerprint density at radius 3 is 2.47 bits per heavy atom. The van der Waals surface area contributed by atoms with E-state index in [1.807, 2.05) is 95.3 Å². The molecule has 34 heavy (non-hydrogen) atoms. The molecule has 6 heteroatoms. The number of rotatable bonds is 5. The number of nitrogens with zero attached hydrogens (tertiary/aromatic N) is 3. The topological polar surface area (TPSA) is 67.2 Å². The standard InChI is InChI=1S/C28H30N4O2/c1-6-31(28(34)29-22-11-9-10-18(2)16-22)21(5)26-30-24-13-8-7-12-23(24)27(33)32(26)25-17-19(3)14-15-20(25)4/h7-17,21H,6H2,1-5H3,(H,29,34). The highest BCUT2D eigenvalue weighted by atomic mass is 16.2. The Morgan fingerprint density at radius 2 is 1.74 bits per heavy atom. The molecule has 0 fully saturated rings. The average molecular weight is 455 g/mol. The quantitative estimate of drug-likeness (QED) is 0.407. The Kier molecular flexibility index (Phi) is 6.50. The van der Waals surface area contributed by atoms with Crippen molar-refractivity contribution >= 4 is 22.6 Å². The summed E-state index contributed by atoms with van der Waals surface area (Å²) in [4.78, 5) is 33.6. The second kappa shape index (κ2) is 9.51. The largest absolute Gasteiger partial charge is 0.322 e. The average Bonchev–Trinajstić information content (AvgIpc) is 2.81. The summed E-state index contributed by atoms with van der Waals surface area (Å²) in [6.07, 6.45) is 0. The number of benzene rings is 3. The van der Waals surface area contributed by atoms with Crippen LogP contribution in [0.3, 0.4) is 0 Å². The van der Waals surface area contributed by atoms with Crippen molar-refractivity contribution in [2.45, 2.75) is 40.7 Å². The van der Waals surface area contributed by atoms with Crippen molar-refractivity contribution in [1.29, 1.82) is 0 Å². The number of aryl methyl sites for hydroxylation is 3. The number of anilines is 1. The van der Waals surface area contributed by atoms with Gasteiger partial charge in [-0.3, -0.25) is 9.36 Å². The molecular weight excluding hydrogens is 424 g/mol. The maximum Gasteiger partial charge on any atom is 0.322 e. The Morgan fingerprint density at radius 1 is 1.00 bits per heavy atom. The van der Waals surface area contributed by atoms with Crippen LogP contribution in [0, 0.1) is 20.8 Å². The Balaban J connectivity index is 1.85. The van der Waals surface area contributed by atoms with Gasteiger partial charge >= 0.3 is 6.03 Å². The number of hydrogen-bond donors (Lipinski definition) is 1. The van der Waals surface area contributed by atoms with Crippen LogP contribution in [-0.4, -0.2) is 27.0 Å². The molecule has 6 nitrogen and oxygen atoms in total. The van der Waals surface area contributed by atoms with Crippen LogP contribution in [0.15, 0.2) is 71.5 Å². The van der Waals surface area contributed by atoms with E-state index in [4.69, 9.17) is 4.98 Å². The number of urea groups is 1. The molecule has 1 atom stereocenters. The molecule has 1 heterocycles. The fourth-order valence-corrected chi connectivity index (χ4v) is 4.27. The smallest absolute Gasteiger partial charge is 0.315 e. The summed E-state index contributed by atoms with van der Waals surface area (Å²) in [5.74, 6) is 0.527. The van der Waals surface area contributed by atoms with Crippen LogP contribution >= 0.6 is 0 Å². The van der Waals surface area contributed by atoms with Gasteiger partial charge in [0.05, 0.1) is 22.6 Å². The van der Waals surface area contributed by atoms with Crippen LogP contribution in [0.2, 0.25) is 0 Å². The SMILES string of the molecule is CCN(C(=O)Nc1cccc(C)c1)C(C)c1nc2ccccc2c(=O)n1-c1cc(C)ccc1C. The molecule has 0 bridgehead atoms. The highest BCUT2D eigenvalue weighted by Gasteiger charge is 2.26. The third kappa shape index (κ3) is 4.44. The highest BCUT2D eigenvalue weighted by Crippen LogP contribution is 2.25. The minimum Gasteiger partial charge on any atom is -0.315 e. The van der Waals surface area contributed by atoms with Crippen molar-refractivity contribution < 1.29 is 4.79 Å². The summed E-state index contributed by atoms with van der Waals surface area (Å²) in [5, 5.41) is 3.54. The zero-order valence-corrected chi connectivity index (χ0v) is 20.3.